The normalized spacial score (nSPS) is 17.2. The van der Waals surface area contributed by atoms with Crippen molar-refractivity contribution >= 4 is 0 Å². The second-order valence-electron chi connectivity index (χ2n) is 7.83. The van der Waals surface area contributed by atoms with Crippen LogP contribution >= 0.6 is 0 Å². The third-order valence-corrected chi connectivity index (χ3v) is 5.74. The van der Waals surface area contributed by atoms with E-state index in [0.29, 0.717) is 0 Å². The smallest absolute Gasteiger partial charge is 0.0788 e. The zero-order chi connectivity index (χ0) is 15.9. The molecule has 1 nitrogen and oxygen atoms in total. The molecule has 1 saturated heterocycles. The van der Waals surface area contributed by atoms with E-state index < -0.39 is 0 Å². The lowest BCUT2D eigenvalue weighted by molar-refractivity contribution is -0.917. The summed E-state index contributed by atoms with van der Waals surface area (Å²) in [6, 6.07) is 0. The maximum atomic E-state index is 2.32. The van der Waals surface area contributed by atoms with Gasteiger partial charge in [-0.25, -0.2) is 0 Å². The summed E-state index contributed by atoms with van der Waals surface area (Å²) < 4.78 is 1.49. The Labute approximate surface area is 141 Å². The molecular formula is C21H44N+. The molecule has 0 aromatic rings. The third-order valence-electron chi connectivity index (χ3n) is 5.74. The van der Waals surface area contributed by atoms with Crippen LogP contribution in [-0.4, -0.2) is 30.7 Å². The Morgan fingerprint density at radius 2 is 0.864 bits per heavy atom. The van der Waals surface area contributed by atoms with Crippen LogP contribution in [0.3, 0.4) is 0 Å². The van der Waals surface area contributed by atoms with E-state index in [0.717, 1.165) is 0 Å². The van der Waals surface area contributed by atoms with Crippen LogP contribution in [0.1, 0.15) is 110 Å². The highest BCUT2D eigenvalue weighted by atomic mass is 15.4. The number of likely N-dealkylation sites (tertiary alicyclic amines) is 1. The lowest BCUT2D eigenvalue weighted by Gasteiger charge is -2.34. The van der Waals surface area contributed by atoms with Gasteiger partial charge < -0.3 is 4.48 Å². The van der Waals surface area contributed by atoms with Crippen molar-refractivity contribution in [3.05, 3.63) is 0 Å². The monoisotopic (exact) mass is 310 g/mol. The Hall–Kier alpha value is -0.0400. The van der Waals surface area contributed by atoms with Crippen LogP contribution in [0.25, 0.3) is 0 Å². The first-order valence-corrected chi connectivity index (χ1v) is 10.7. The predicted molar refractivity (Wildman–Crippen MR) is 100 cm³/mol. The van der Waals surface area contributed by atoms with Crippen LogP contribution < -0.4 is 0 Å². The molecule has 0 aromatic heterocycles. The Morgan fingerprint density at radius 3 is 1.32 bits per heavy atom. The van der Waals surface area contributed by atoms with Gasteiger partial charge in [0.2, 0.25) is 0 Å². The topological polar surface area (TPSA) is 0 Å². The number of quaternary nitrogens is 1. The highest BCUT2D eigenvalue weighted by molar-refractivity contribution is 4.57. The summed E-state index contributed by atoms with van der Waals surface area (Å²) in [4.78, 5) is 0. The molecule has 1 fully saturated rings. The van der Waals surface area contributed by atoms with E-state index in [4.69, 9.17) is 0 Å². The first-order valence-electron chi connectivity index (χ1n) is 10.7. The molecule has 1 rings (SSSR count). The molecule has 1 heterocycles. The van der Waals surface area contributed by atoms with Crippen LogP contribution in [0.5, 0.6) is 0 Å². The summed E-state index contributed by atoms with van der Waals surface area (Å²) in [6.45, 7) is 10.6. The molecule has 0 amide bonds. The zero-order valence-corrected chi connectivity index (χ0v) is 15.9. The van der Waals surface area contributed by atoms with Gasteiger partial charge in [0.15, 0.2) is 0 Å². The van der Waals surface area contributed by atoms with Crippen molar-refractivity contribution in [3.8, 4) is 0 Å². The van der Waals surface area contributed by atoms with Gasteiger partial charge in [-0.05, 0) is 25.7 Å². The summed E-state index contributed by atoms with van der Waals surface area (Å²) in [7, 11) is 0. The van der Waals surface area contributed by atoms with Crippen molar-refractivity contribution in [2.75, 3.05) is 26.2 Å². The van der Waals surface area contributed by atoms with Crippen LogP contribution in [0.4, 0.5) is 0 Å². The molecule has 0 spiro atoms. The molecule has 0 atom stereocenters. The average molecular weight is 311 g/mol. The van der Waals surface area contributed by atoms with Crippen LogP contribution in [-0.2, 0) is 0 Å². The highest BCUT2D eigenvalue weighted by Gasteiger charge is 2.30. The molecule has 1 aliphatic heterocycles. The van der Waals surface area contributed by atoms with Crippen LogP contribution in [0, 0.1) is 0 Å². The second-order valence-corrected chi connectivity index (χ2v) is 7.83. The number of unbranched alkanes of at least 4 members (excludes halogenated alkanes) is 11. The molecule has 1 heteroatoms. The van der Waals surface area contributed by atoms with Crippen molar-refractivity contribution in [1.82, 2.24) is 0 Å². The van der Waals surface area contributed by atoms with Gasteiger partial charge >= 0.3 is 0 Å². The molecule has 132 valence electrons. The van der Waals surface area contributed by atoms with Crippen LogP contribution in [0.15, 0.2) is 0 Å². The summed E-state index contributed by atoms with van der Waals surface area (Å²) in [5.41, 5.74) is 0. The molecule has 0 bridgehead atoms. The van der Waals surface area contributed by atoms with E-state index >= 15 is 0 Å². The van der Waals surface area contributed by atoms with Crippen LogP contribution in [0.2, 0.25) is 0 Å². The van der Waals surface area contributed by atoms with Gasteiger partial charge in [-0.2, -0.15) is 0 Å². The molecule has 0 aliphatic carbocycles. The van der Waals surface area contributed by atoms with E-state index in [-0.39, 0.29) is 0 Å². The molecule has 0 unspecified atom stereocenters. The maximum Gasteiger partial charge on any atom is 0.0788 e. The van der Waals surface area contributed by atoms with Gasteiger partial charge in [-0.3, -0.25) is 0 Å². The second kappa shape index (κ2) is 13.4. The standard InChI is InChI=1S/C21H44N/c1-3-5-7-9-10-11-12-13-15-19-22(20-16-17-21-22)18-14-8-6-4-2/h3-21H2,1-2H3/q+1. The number of nitrogens with zero attached hydrogens (tertiary/aromatic N) is 1. The molecule has 1 aliphatic rings. The summed E-state index contributed by atoms with van der Waals surface area (Å²) in [5.74, 6) is 0. The predicted octanol–water partition coefficient (Wildman–Crippen LogP) is 6.71. The largest absolute Gasteiger partial charge is 0.324 e. The molecule has 0 N–H and O–H groups in total. The zero-order valence-electron chi connectivity index (χ0n) is 15.9. The SMILES string of the molecule is CCCCCCCCCCC[N+]1(CCCCCC)CCCC1. The number of hydrogen-bond acceptors (Lipinski definition) is 0. The molecule has 22 heavy (non-hydrogen) atoms. The van der Waals surface area contributed by atoms with Gasteiger partial charge in [-0.15, -0.1) is 0 Å². The fourth-order valence-electron chi connectivity index (χ4n) is 4.20. The van der Waals surface area contributed by atoms with Gasteiger partial charge in [0, 0.05) is 12.8 Å². The number of hydrogen-bond donors (Lipinski definition) is 0. The first kappa shape index (κ1) is 20.0. The van der Waals surface area contributed by atoms with Gasteiger partial charge in [0.25, 0.3) is 0 Å². The molecule has 0 saturated carbocycles. The molecule has 0 aromatic carbocycles. The Balaban J connectivity index is 2.01. The van der Waals surface area contributed by atoms with Crippen molar-refractivity contribution in [2.45, 2.75) is 110 Å². The van der Waals surface area contributed by atoms with Crippen molar-refractivity contribution in [3.63, 3.8) is 0 Å². The number of rotatable bonds is 15. The van der Waals surface area contributed by atoms with E-state index in [2.05, 4.69) is 13.8 Å². The summed E-state index contributed by atoms with van der Waals surface area (Å²) in [6.07, 6.45) is 21.9. The minimum absolute atomic E-state index is 1.37. The minimum atomic E-state index is 1.37. The Morgan fingerprint density at radius 1 is 0.500 bits per heavy atom. The van der Waals surface area contributed by atoms with Gasteiger partial charge in [0.1, 0.15) is 0 Å². The average Bonchev–Trinajstić information content (AvgIpc) is 2.99. The third kappa shape index (κ3) is 9.18. The quantitative estimate of drug-likeness (QED) is 0.233. The minimum Gasteiger partial charge on any atom is -0.324 e. The Bertz CT molecular complexity index is 230. The van der Waals surface area contributed by atoms with E-state index in [1.54, 1.807) is 0 Å². The van der Waals surface area contributed by atoms with E-state index in [1.807, 2.05) is 0 Å². The van der Waals surface area contributed by atoms with E-state index in [1.165, 1.54) is 127 Å². The molecular weight excluding hydrogens is 266 g/mol. The fraction of sp³-hybridized carbons (Fsp3) is 1.00. The van der Waals surface area contributed by atoms with E-state index in [9.17, 15) is 0 Å². The van der Waals surface area contributed by atoms with Gasteiger partial charge in [0.05, 0.1) is 26.2 Å². The van der Waals surface area contributed by atoms with Crippen molar-refractivity contribution < 1.29 is 4.48 Å². The molecule has 0 radical (unpaired) electrons. The fourth-order valence-corrected chi connectivity index (χ4v) is 4.20. The Kier molecular flexibility index (Phi) is 12.2. The van der Waals surface area contributed by atoms with Crippen molar-refractivity contribution in [1.29, 1.82) is 0 Å². The lowest BCUT2D eigenvalue weighted by Crippen LogP contribution is -2.46. The van der Waals surface area contributed by atoms with Crippen molar-refractivity contribution in [2.24, 2.45) is 0 Å². The lowest BCUT2D eigenvalue weighted by atomic mass is 10.1. The maximum absolute atomic E-state index is 2.32. The van der Waals surface area contributed by atoms with Gasteiger partial charge in [-0.1, -0.05) is 71.6 Å². The highest BCUT2D eigenvalue weighted by Crippen LogP contribution is 2.22. The summed E-state index contributed by atoms with van der Waals surface area (Å²) in [5, 5.41) is 0. The summed E-state index contributed by atoms with van der Waals surface area (Å²) >= 11 is 0. The first-order chi connectivity index (χ1) is 10.8.